The van der Waals surface area contributed by atoms with Gasteiger partial charge in [-0.1, -0.05) is 68.8 Å². The first-order chi connectivity index (χ1) is 8.29. The Morgan fingerprint density at radius 1 is 1.06 bits per heavy atom. The lowest BCUT2D eigenvalue weighted by molar-refractivity contribution is 0.259. The van der Waals surface area contributed by atoms with Crippen LogP contribution in [0, 0.1) is 11.8 Å². The molecule has 0 aromatic heterocycles. The topological polar surface area (TPSA) is 0 Å². The van der Waals surface area contributed by atoms with E-state index in [-0.39, 0.29) is 0 Å². The maximum Gasteiger partial charge on any atom is 0.0437 e. The number of hydrogen-bond acceptors (Lipinski definition) is 0. The van der Waals surface area contributed by atoms with Crippen LogP contribution in [0.2, 0.25) is 5.02 Å². The predicted molar refractivity (Wildman–Crippen MR) is 75.5 cm³/mol. The lowest BCUT2D eigenvalue weighted by atomic mass is 9.78. The monoisotopic (exact) mass is 250 g/mol. The molecule has 0 unspecified atom stereocenters. The average molecular weight is 251 g/mol. The molecule has 0 N–H and O–H groups in total. The van der Waals surface area contributed by atoms with Gasteiger partial charge in [-0.3, -0.25) is 0 Å². The highest BCUT2D eigenvalue weighted by Gasteiger charge is 2.19. The average Bonchev–Trinajstić information content (AvgIpc) is 2.38. The zero-order valence-electron chi connectivity index (χ0n) is 10.8. The maximum atomic E-state index is 6.19. The smallest absolute Gasteiger partial charge is 0.0437 e. The molecule has 94 valence electrons. The van der Waals surface area contributed by atoms with E-state index in [1.165, 1.54) is 44.1 Å². The second-order valence-corrected chi connectivity index (χ2v) is 5.83. The zero-order chi connectivity index (χ0) is 12.1. The molecule has 2 rings (SSSR count). The van der Waals surface area contributed by atoms with Gasteiger partial charge in [-0.15, -0.1) is 0 Å². The van der Waals surface area contributed by atoms with Gasteiger partial charge < -0.3 is 0 Å². The van der Waals surface area contributed by atoms with Crippen LogP contribution < -0.4 is 0 Å². The Balaban J connectivity index is 1.78. The lowest BCUT2D eigenvalue weighted by Gasteiger charge is -2.27. The van der Waals surface area contributed by atoms with Crippen molar-refractivity contribution in [2.24, 2.45) is 11.8 Å². The van der Waals surface area contributed by atoms with E-state index in [0.29, 0.717) is 0 Å². The summed E-state index contributed by atoms with van der Waals surface area (Å²) in [7, 11) is 0. The Kier molecular flexibility index (Phi) is 4.91. The van der Waals surface area contributed by atoms with E-state index in [2.05, 4.69) is 19.1 Å². The summed E-state index contributed by atoms with van der Waals surface area (Å²) in [6, 6.07) is 8.28. The van der Waals surface area contributed by atoms with Crippen LogP contribution in [0.5, 0.6) is 0 Å². The molecule has 0 amide bonds. The number of rotatable bonds is 4. The first-order valence-corrected chi connectivity index (χ1v) is 7.40. The highest BCUT2D eigenvalue weighted by Crippen LogP contribution is 2.33. The molecular weight excluding hydrogens is 228 g/mol. The van der Waals surface area contributed by atoms with Gasteiger partial charge >= 0.3 is 0 Å². The molecule has 0 radical (unpaired) electrons. The summed E-state index contributed by atoms with van der Waals surface area (Å²) >= 11 is 6.19. The Labute approximate surface area is 110 Å². The van der Waals surface area contributed by atoms with Crippen molar-refractivity contribution < 1.29 is 0 Å². The first-order valence-electron chi connectivity index (χ1n) is 7.03. The van der Waals surface area contributed by atoms with Crippen LogP contribution in [-0.2, 0) is 6.42 Å². The molecule has 1 aliphatic rings. The number of aryl methyl sites for hydroxylation is 1. The van der Waals surface area contributed by atoms with Crippen LogP contribution in [0.4, 0.5) is 0 Å². The van der Waals surface area contributed by atoms with Crippen LogP contribution in [0.3, 0.4) is 0 Å². The van der Waals surface area contributed by atoms with Crippen molar-refractivity contribution in [3.63, 3.8) is 0 Å². The summed E-state index contributed by atoms with van der Waals surface area (Å²) in [5, 5.41) is 0.940. The van der Waals surface area contributed by atoms with E-state index in [1.807, 2.05) is 12.1 Å². The Morgan fingerprint density at radius 3 is 2.35 bits per heavy atom. The summed E-state index contributed by atoms with van der Waals surface area (Å²) in [6.07, 6.45) is 9.61. The van der Waals surface area contributed by atoms with Gasteiger partial charge in [0.05, 0.1) is 0 Å². The fourth-order valence-corrected chi connectivity index (χ4v) is 3.22. The Morgan fingerprint density at radius 2 is 1.71 bits per heavy atom. The zero-order valence-corrected chi connectivity index (χ0v) is 11.5. The normalized spacial score (nSPS) is 24.8. The van der Waals surface area contributed by atoms with Gasteiger partial charge in [0.1, 0.15) is 0 Å². The Hall–Kier alpha value is -0.490. The van der Waals surface area contributed by atoms with E-state index >= 15 is 0 Å². The third-order valence-corrected chi connectivity index (χ3v) is 4.69. The van der Waals surface area contributed by atoms with Gasteiger partial charge in [0, 0.05) is 5.02 Å². The van der Waals surface area contributed by atoms with Crippen molar-refractivity contribution in [3.05, 3.63) is 34.9 Å². The molecule has 0 heterocycles. The number of hydrogen-bond donors (Lipinski definition) is 0. The standard InChI is InChI=1S/C16H23Cl/c1-2-13-7-9-14(10-8-13)11-12-15-5-3-4-6-16(15)17/h3-6,13-14H,2,7-12H2,1H3. The second kappa shape index (κ2) is 6.44. The molecule has 1 saturated carbocycles. The number of halogens is 1. The quantitative estimate of drug-likeness (QED) is 0.663. The maximum absolute atomic E-state index is 6.19. The fourth-order valence-electron chi connectivity index (χ4n) is 2.99. The van der Waals surface area contributed by atoms with Gasteiger partial charge in [-0.05, 0) is 36.3 Å². The summed E-state index contributed by atoms with van der Waals surface area (Å²) in [4.78, 5) is 0. The largest absolute Gasteiger partial charge is 0.0840 e. The lowest BCUT2D eigenvalue weighted by Crippen LogP contribution is -2.14. The van der Waals surface area contributed by atoms with Crippen molar-refractivity contribution in [2.75, 3.05) is 0 Å². The van der Waals surface area contributed by atoms with Gasteiger partial charge in [-0.2, -0.15) is 0 Å². The van der Waals surface area contributed by atoms with Crippen molar-refractivity contribution in [1.82, 2.24) is 0 Å². The molecule has 1 heteroatoms. The molecule has 1 aromatic carbocycles. The molecule has 1 fully saturated rings. The van der Waals surface area contributed by atoms with E-state index in [1.54, 1.807) is 0 Å². The van der Waals surface area contributed by atoms with Crippen LogP contribution in [0.25, 0.3) is 0 Å². The minimum atomic E-state index is 0.939. The van der Waals surface area contributed by atoms with E-state index in [0.717, 1.165) is 23.3 Å². The summed E-state index contributed by atoms with van der Waals surface area (Å²) < 4.78 is 0. The van der Waals surface area contributed by atoms with Crippen LogP contribution in [0.1, 0.15) is 51.0 Å². The van der Waals surface area contributed by atoms with Crippen molar-refractivity contribution in [2.45, 2.75) is 51.9 Å². The molecule has 1 aliphatic carbocycles. The number of benzene rings is 1. The van der Waals surface area contributed by atoms with Crippen LogP contribution in [0.15, 0.2) is 24.3 Å². The van der Waals surface area contributed by atoms with Crippen LogP contribution in [-0.4, -0.2) is 0 Å². The van der Waals surface area contributed by atoms with E-state index in [9.17, 15) is 0 Å². The minimum Gasteiger partial charge on any atom is -0.0840 e. The van der Waals surface area contributed by atoms with Crippen LogP contribution >= 0.6 is 11.6 Å². The van der Waals surface area contributed by atoms with E-state index < -0.39 is 0 Å². The SMILES string of the molecule is CCC1CCC(CCc2ccccc2Cl)CC1. The van der Waals surface area contributed by atoms with Crippen molar-refractivity contribution in [1.29, 1.82) is 0 Å². The fraction of sp³-hybridized carbons (Fsp3) is 0.625. The molecule has 0 aliphatic heterocycles. The third-order valence-electron chi connectivity index (χ3n) is 4.32. The molecule has 0 bridgehead atoms. The molecule has 0 nitrogen and oxygen atoms in total. The molecule has 0 atom stereocenters. The van der Waals surface area contributed by atoms with Crippen molar-refractivity contribution >= 4 is 11.6 Å². The first kappa shape index (κ1) is 13.0. The van der Waals surface area contributed by atoms with E-state index in [4.69, 9.17) is 11.6 Å². The third kappa shape index (κ3) is 3.74. The van der Waals surface area contributed by atoms with Gasteiger partial charge in [-0.25, -0.2) is 0 Å². The predicted octanol–water partition coefficient (Wildman–Crippen LogP) is 5.49. The molecule has 1 aromatic rings. The molecule has 17 heavy (non-hydrogen) atoms. The molecular formula is C16H23Cl. The van der Waals surface area contributed by atoms with Crippen molar-refractivity contribution in [3.8, 4) is 0 Å². The molecule has 0 saturated heterocycles. The summed E-state index contributed by atoms with van der Waals surface area (Å²) in [6.45, 7) is 2.33. The Bertz CT molecular complexity index is 337. The second-order valence-electron chi connectivity index (χ2n) is 5.43. The van der Waals surface area contributed by atoms with Gasteiger partial charge in [0.2, 0.25) is 0 Å². The summed E-state index contributed by atoms with van der Waals surface area (Å²) in [5.74, 6) is 1.95. The molecule has 0 spiro atoms. The van der Waals surface area contributed by atoms with Gasteiger partial charge in [0.25, 0.3) is 0 Å². The highest BCUT2D eigenvalue weighted by molar-refractivity contribution is 6.31. The minimum absolute atomic E-state index is 0.939. The highest BCUT2D eigenvalue weighted by atomic mass is 35.5. The van der Waals surface area contributed by atoms with Gasteiger partial charge in [0.15, 0.2) is 0 Å². The summed E-state index contributed by atoms with van der Waals surface area (Å²) in [5.41, 5.74) is 1.33.